The number of nitrogens with one attached hydrogen (secondary N) is 1. The minimum Gasteiger partial charge on any atom is -0.384 e. The summed E-state index contributed by atoms with van der Waals surface area (Å²) in [5.41, 5.74) is 4.96. The molecule has 0 amide bonds. The van der Waals surface area contributed by atoms with Gasteiger partial charge in [0.25, 0.3) is 0 Å². The van der Waals surface area contributed by atoms with Crippen LogP contribution in [0, 0.1) is 0 Å². The molecule has 0 saturated heterocycles. The zero-order chi connectivity index (χ0) is 15.6. The van der Waals surface area contributed by atoms with Crippen molar-refractivity contribution in [1.82, 2.24) is 9.97 Å². The van der Waals surface area contributed by atoms with Gasteiger partial charge in [-0.1, -0.05) is 18.5 Å². The van der Waals surface area contributed by atoms with E-state index in [0.717, 1.165) is 12.1 Å². The van der Waals surface area contributed by atoms with E-state index in [2.05, 4.69) is 15.3 Å². The van der Waals surface area contributed by atoms with Crippen LogP contribution < -0.4 is 11.1 Å². The van der Waals surface area contributed by atoms with Crippen LogP contribution in [-0.4, -0.2) is 9.97 Å². The zero-order valence-corrected chi connectivity index (χ0v) is 11.8. The van der Waals surface area contributed by atoms with Gasteiger partial charge in [-0.3, -0.25) is 0 Å². The molecule has 8 heteroatoms. The molecule has 0 unspecified atom stereocenters. The first-order chi connectivity index (χ1) is 9.77. The first-order valence-electron chi connectivity index (χ1n) is 6.06. The second kappa shape index (κ2) is 5.77. The summed E-state index contributed by atoms with van der Waals surface area (Å²) in [6.07, 6.45) is -3.91. The summed E-state index contributed by atoms with van der Waals surface area (Å²) in [6, 6.07) is 4.63. The number of alkyl halides is 3. The molecule has 0 aliphatic heterocycles. The highest BCUT2D eigenvalue weighted by atomic mass is 35.5. The number of anilines is 3. The standard InChI is InChI=1S/C13H12ClF3N4/c1-2-11-20-10(18)6-12(21-11)19-9-4-7(13(15,16)17)3-8(14)5-9/h3-6H,2H2,1H3,(H3,18,19,20,21). The summed E-state index contributed by atoms with van der Waals surface area (Å²) in [5.74, 6) is 1.05. The molecule has 0 atom stereocenters. The smallest absolute Gasteiger partial charge is 0.384 e. The number of aryl methyl sites for hydroxylation is 1. The molecule has 0 bridgehead atoms. The third-order valence-electron chi connectivity index (χ3n) is 2.61. The molecule has 112 valence electrons. The molecule has 4 nitrogen and oxygen atoms in total. The molecule has 1 aromatic heterocycles. The zero-order valence-electron chi connectivity index (χ0n) is 11.0. The fraction of sp³-hybridized carbons (Fsp3) is 0.231. The van der Waals surface area contributed by atoms with Gasteiger partial charge in [-0.2, -0.15) is 13.2 Å². The average molecular weight is 317 g/mol. The fourth-order valence-corrected chi connectivity index (χ4v) is 1.95. The number of aromatic nitrogens is 2. The minimum atomic E-state index is -4.47. The van der Waals surface area contributed by atoms with Gasteiger partial charge in [0.1, 0.15) is 17.5 Å². The summed E-state index contributed by atoms with van der Waals surface area (Å²) in [6.45, 7) is 1.85. The van der Waals surface area contributed by atoms with Crippen LogP contribution in [-0.2, 0) is 12.6 Å². The summed E-state index contributed by atoms with van der Waals surface area (Å²) >= 11 is 5.71. The third-order valence-corrected chi connectivity index (χ3v) is 2.82. The Bertz CT molecular complexity index is 658. The van der Waals surface area contributed by atoms with Gasteiger partial charge in [0.15, 0.2) is 0 Å². The maximum absolute atomic E-state index is 12.7. The molecule has 0 spiro atoms. The highest BCUT2D eigenvalue weighted by molar-refractivity contribution is 6.31. The Balaban J connectivity index is 2.35. The van der Waals surface area contributed by atoms with Crippen molar-refractivity contribution in [3.05, 3.63) is 40.7 Å². The van der Waals surface area contributed by atoms with E-state index >= 15 is 0 Å². The van der Waals surface area contributed by atoms with Gasteiger partial charge in [-0.15, -0.1) is 0 Å². The molecule has 0 radical (unpaired) electrons. The number of rotatable bonds is 3. The molecule has 1 heterocycles. The minimum absolute atomic E-state index is 0.0231. The first kappa shape index (κ1) is 15.4. The molecule has 21 heavy (non-hydrogen) atoms. The molecule has 1 aromatic carbocycles. The number of nitrogens with two attached hydrogens (primary N) is 1. The summed E-state index contributed by atoms with van der Waals surface area (Å²) in [7, 11) is 0. The van der Waals surface area contributed by atoms with Gasteiger partial charge in [-0.25, -0.2) is 9.97 Å². The second-order valence-electron chi connectivity index (χ2n) is 4.30. The Labute approximate surface area is 124 Å². The van der Waals surface area contributed by atoms with Crippen LogP contribution in [0.5, 0.6) is 0 Å². The van der Waals surface area contributed by atoms with E-state index in [1.165, 1.54) is 12.1 Å². The van der Waals surface area contributed by atoms with Gasteiger partial charge < -0.3 is 11.1 Å². The SMILES string of the molecule is CCc1nc(N)cc(Nc2cc(Cl)cc(C(F)(F)F)c2)n1. The normalized spacial score (nSPS) is 11.5. The molecule has 3 N–H and O–H groups in total. The van der Waals surface area contributed by atoms with Crippen LogP contribution in [0.15, 0.2) is 24.3 Å². The van der Waals surface area contributed by atoms with Gasteiger partial charge in [0, 0.05) is 23.2 Å². The van der Waals surface area contributed by atoms with E-state index in [1.807, 2.05) is 6.92 Å². The third kappa shape index (κ3) is 3.98. The lowest BCUT2D eigenvalue weighted by atomic mass is 10.2. The molecule has 0 aliphatic carbocycles. The van der Waals surface area contributed by atoms with Crippen LogP contribution >= 0.6 is 11.6 Å². The van der Waals surface area contributed by atoms with E-state index in [4.69, 9.17) is 17.3 Å². The van der Waals surface area contributed by atoms with Crippen molar-refractivity contribution in [3.8, 4) is 0 Å². The lowest BCUT2D eigenvalue weighted by Crippen LogP contribution is -2.06. The van der Waals surface area contributed by atoms with E-state index in [0.29, 0.717) is 18.1 Å². The maximum atomic E-state index is 12.7. The Kier molecular flexibility index (Phi) is 4.22. The van der Waals surface area contributed by atoms with Crippen molar-refractivity contribution in [2.75, 3.05) is 11.1 Å². The monoisotopic (exact) mass is 316 g/mol. The average Bonchev–Trinajstić information content (AvgIpc) is 2.36. The highest BCUT2D eigenvalue weighted by Crippen LogP contribution is 2.34. The van der Waals surface area contributed by atoms with Crippen LogP contribution in [0.2, 0.25) is 5.02 Å². The van der Waals surface area contributed by atoms with Gasteiger partial charge in [0.05, 0.1) is 5.56 Å². The van der Waals surface area contributed by atoms with E-state index in [9.17, 15) is 13.2 Å². The Hall–Kier alpha value is -2.02. The first-order valence-corrected chi connectivity index (χ1v) is 6.44. The quantitative estimate of drug-likeness (QED) is 0.897. The molecule has 2 aromatic rings. The Morgan fingerprint density at radius 2 is 1.90 bits per heavy atom. The number of halogens is 4. The van der Waals surface area contributed by atoms with Crippen molar-refractivity contribution < 1.29 is 13.2 Å². The maximum Gasteiger partial charge on any atom is 0.416 e. The van der Waals surface area contributed by atoms with Crippen molar-refractivity contribution in [3.63, 3.8) is 0 Å². The summed E-state index contributed by atoms with van der Waals surface area (Å²) in [5, 5.41) is 2.73. The van der Waals surface area contributed by atoms with E-state index < -0.39 is 11.7 Å². The topological polar surface area (TPSA) is 63.8 Å². The highest BCUT2D eigenvalue weighted by Gasteiger charge is 2.31. The van der Waals surface area contributed by atoms with Crippen LogP contribution in [0.1, 0.15) is 18.3 Å². The van der Waals surface area contributed by atoms with Crippen LogP contribution in [0.25, 0.3) is 0 Å². The number of nitrogens with zero attached hydrogens (tertiary/aromatic N) is 2. The number of hydrogen-bond acceptors (Lipinski definition) is 4. The molecule has 0 aliphatic rings. The lowest BCUT2D eigenvalue weighted by molar-refractivity contribution is -0.137. The Morgan fingerprint density at radius 1 is 1.19 bits per heavy atom. The van der Waals surface area contributed by atoms with Gasteiger partial charge in [-0.05, 0) is 18.2 Å². The van der Waals surface area contributed by atoms with Gasteiger partial charge in [0.2, 0.25) is 0 Å². The van der Waals surface area contributed by atoms with Crippen molar-refractivity contribution in [2.45, 2.75) is 19.5 Å². The number of hydrogen-bond donors (Lipinski definition) is 2. The fourth-order valence-electron chi connectivity index (χ4n) is 1.71. The molecule has 2 rings (SSSR count). The lowest BCUT2D eigenvalue weighted by Gasteiger charge is -2.12. The summed E-state index contributed by atoms with van der Waals surface area (Å²) < 4.78 is 38.2. The van der Waals surface area contributed by atoms with Crippen molar-refractivity contribution in [1.29, 1.82) is 0 Å². The Morgan fingerprint density at radius 3 is 2.52 bits per heavy atom. The molecular formula is C13H12ClF3N4. The second-order valence-corrected chi connectivity index (χ2v) is 4.74. The van der Waals surface area contributed by atoms with Crippen LogP contribution in [0.4, 0.5) is 30.5 Å². The predicted molar refractivity (Wildman–Crippen MR) is 75.6 cm³/mol. The van der Waals surface area contributed by atoms with E-state index in [-0.39, 0.29) is 16.5 Å². The predicted octanol–water partition coefficient (Wildman–Crippen LogP) is 4.04. The number of benzene rings is 1. The largest absolute Gasteiger partial charge is 0.416 e. The van der Waals surface area contributed by atoms with E-state index in [1.54, 1.807) is 0 Å². The van der Waals surface area contributed by atoms with Crippen molar-refractivity contribution >= 4 is 28.9 Å². The van der Waals surface area contributed by atoms with Gasteiger partial charge >= 0.3 is 6.18 Å². The van der Waals surface area contributed by atoms with Crippen molar-refractivity contribution in [2.24, 2.45) is 0 Å². The molecule has 0 fully saturated rings. The van der Waals surface area contributed by atoms with Crippen LogP contribution in [0.3, 0.4) is 0 Å². The molecule has 0 saturated carbocycles. The summed E-state index contributed by atoms with van der Waals surface area (Å²) in [4.78, 5) is 8.13. The number of nitrogen functional groups attached to an aromatic ring is 1. The molecular weight excluding hydrogens is 305 g/mol.